The first kappa shape index (κ1) is 30.0. The number of nitrogens with two attached hydrogens (primary N) is 1. The van der Waals surface area contributed by atoms with Crippen molar-refractivity contribution >= 4 is 28.9 Å². The number of imidazole rings is 1. The summed E-state index contributed by atoms with van der Waals surface area (Å²) in [6.45, 7) is -0.348. The lowest BCUT2D eigenvalue weighted by Crippen LogP contribution is -2.44. The van der Waals surface area contributed by atoms with Gasteiger partial charge in [-0.2, -0.15) is 13.2 Å². The maximum atomic E-state index is 14.8. The van der Waals surface area contributed by atoms with Gasteiger partial charge in [0, 0.05) is 40.0 Å². The monoisotopic (exact) mass is 642 g/mol. The van der Waals surface area contributed by atoms with Crippen LogP contribution in [0.3, 0.4) is 0 Å². The van der Waals surface area contributed by atoms with Crippen LogP contribution in [-0.4, -0.2) is 38.3 Å². The number of primary amides is 1. The third-order valence-corrected chi connectivity index (χ3v) is 7.98. The fraction of sp³-hybridized carbons (Fsp3) is 0.129. The lowest BCUT2D eigenvalue weighted by Gasteiger charge is -2.36. The van der Waals surface area contributed by atoms with E-state index >= 15 is 0 Å². The molecule has 6 rings (SSSR count). The highest BCUT2D eigenvalue weighted by atomic mass is 35.5. The maximum Gasteiger partial charge on any atom is 0.417 e. The van der Waals surface area contributed by atoms with E-state index in [1.54, 1.807) is 24.3 Å². The lowest BCUT2D eigenvalue weighted by molar-refractivity contribution is -0.137. The largest absolute Gasteiger partial charge is 0.497 e. The zero-order valence-corrected chi connectivity index (χ0v) is 23.7. The quantitative estimate of drug-likeness (QED) is 0.224. The number of hydrogen-bond donors (Lipinski definition) is 2. The second-order valence-electron chi connectivity index (χ2n) is 10.3. The van der Waals surface area contributed by atoms with Crippen molar-refractivity contribution in [3.63, 3.8) is 0 Å². The van der Waals surface area contributed by atoms with Crippen LogP contribution in [0.5, 0.6) is 5.75 Å². The molecule has 230 valence electrons. The van der Waals surface area contributed by atoms with Crippen molar-refractivity contribution in [3.8, 4) is 16.9 Å². The number of aromatic nitrogens is 2. The number of ether oxygens (including phenoxy) is 1. The number of carbonyl (C=O) groups is 2. The minimum Gasteiger partial charge on any atom is -0.497 e. The summed E-state index contributed by atoms with van der Waals surface area (Å²) in [7, 11) is 1.45. The number of aliphatic hydroxyl groups is 1. The highest BCUT2D eigenvalue weighted by Gasteiger charge is 2.54. The molecule has 0 saturated heterocycles. The smallest absolute Gasteiger partial charge is 0.417 e. The van der Waals surface area contributed by atoms with Gasteiger partial charge in [0.15, 0.2) is 5.72 Å². The number of carbonyl (C=O) groups excluding carboxylic acids is 2. The van der Waals surface area contributed by atoms with Gasteiger partial charge in [-0.05, 0) is 48.0 Å². The lowest BCUT2D eigenvalue weighted by atomic mass is 9.84. The number of pyridine rings is 1. The van der Waals surface area contributed by atoms with E-state index in [2.05, 4.69) is 4.98 Å². The number of amides is 2. The summed E-state index contributed by atoms with van der Waals surface area (Å²) >= 11 is 6.49. The van der Waals surface area contributed by atoms with Gasteiger partial charge in [-0.3, -0.25) is 14.5 Å². The van der Waals surface area contributed by atoms with Crippen molar-refractivity contribution in [1.82, 2.24) is 14.3 Å². The minimum atomic E-state index is -5.24. The van der Waals surface area contributed by atoms with Gasteiger partial charge in [0.1, 0.15) is 17.4 Å². The van der Waals surface area contributed by atoms with Crippen molar-refractivity contribution in [3.05, 3.63) is 123 Å². The number of hydrogen-bond acceptors (Lipinski definition) is 5. The number of benzene rings is 3. The van der Waals surface area contributed by atoms with Crippen LogP contribution in [0.4, 0.5) is 22.0 Å². The van der Waals surface area contributed by atoms with Gasteiger partial charge >= 0.3 is 6.18 Å². The van der Waals surface area contributed by atoms with Crippen molar-refractivity contribution < 1.29 is 41.4 Å². The Morgan fingerprint density at radius 2 is 1.78 bits per heavy atom. The Kier molecular flexibility index (Phi) is 7.05. The number of nitrogens with zero attached hydrogens (tertiary/aromatic N) is 3. The van der Waals surface area contributed by atoms with E-state index in [0.717, 1.165) is 29.3 Å². The molecule has 14 heteroatoms. The molecule has 0 radical (unpaired) electrons. The van der Waals surface area contributed by atoms with Gasteiger partial charge in [-0.1, -0.05) is 23.7 Å². The van der Waals surface area contributed by atoms with E-state index in [1.165, 1.54) is 24.0 Å². The van der Waals surface area contributed by atoms with Crippen LogP contribution in [0.2, 0.25) is 5.02 Å². The van der Waals surface area contributed by atoms with Crippen LogP contribution < -0.4 is 10.5 Å². The number of halogens is 6. The Balaban J connectivity index is 1.76. The van der Waals surface area contributed by atoms with Crippen LogP contribution in [0.25, 0.3) is 16.6 Å². The van der Waals surface area contributed by atoms with Gasteiger partial charge in [0.25, 0.3) is 5.91 Å². The summed E-state index contributed by atoms with van der Waals surface area (Å²) < 4.78 is 79.3. The maximum absolute atomic E-state index is 14.8. The Labute approximate surface area is 256 Å². The Hall–Kier alpha value is -5.01. The SMILES string of the molecule is COc1ccc(CN2C(=O)c3c(c(-c4c(C(N)=O)cc(F)cc4C(F)(F)F)cn4cncc34)C2(O)c2cc(F)ccc2Cl)cc1. The number of alkyl halides is 3. The van der Waals surface area contributed by atoms with Crippen LogP contribution in [-0.2, 0) is 18.4 Å². The molecule has 0 spiro atoms. The molecule has 1 aliphatic rings. The molecule has 2 amide bonds. The van der Waals surface area contributed by atoms with Crippen LogP contribution >= 0.6 is 11.6 Å². The fourth-order valence-electron chi connectivity index (χ4n) is 5.71. The Morgan fingerprint density at radius 3 is 2.42 bits per heavy atom. The third kappa shape index (κ3) is 4.75. The highest BCUT2D eigenvalue weighted by Crippen LogP contribution is 2.52. The molecule has 1 atom stereocenters. The predicted octanol–water partition coefficient (Wildman–Crippen LogP) is 5.91. The Bertz CT molecular complexity index is 2030. The summed E-state index contributed by atoms with van der Waals surface area (Å²) in [5, 5.41) is 12.5. The summed E-state index contributed by atoms with van der Waals surface area (Å²) in [5.74, 6) is -4.10. The average Bonchev–Trinajstić information content (AvgIpc) is 3.55. The molecule has 8 nitrogen and oxygen atoms in total. The first-order valence-corrected chi connectivity index (χ1v) is 13.5. The summed E-state index contributed by atoms with van der Waals surface area (Å²) in [6, 6.07) is 10.0. The molecule has 45 heavy (non-hydrogen) atoms. The van der Waals surface area contributed by atoms with Crippen molar-refractivity contribution in [1.29, 1.82) is 0 Å². The van der Waals surface area contributed by atoms with E-state index in [4.69, 9.17) is 22.1 Å². The molecule has 0 aliphatic carbocycles. The molecule has 0 bridgehead atoms. The first-order chi connectivity index (χ1) is 21.2. The summed E-state index contributed by atoms with van der Waals surface area (Å²) in [4.78, 5) is 31.8. The van der Waals surface area contributed by atoms with Crippen molar-refractivity contribution in [2.75, 3.05) is 7.11 Å². The molecule has 1 unspecified atom stereocenters. The third-order valence-electron chi connectivity index (χ3n) is 7.66. The standard InChI is InChI=1S/C31H20ClF5N4O4/c1-45-18-5-2-15(3-6-18)12-41-29(43)26-24-11-39-14-40(24)13-20(27(26)30(41,44)21-9-16(33)4-7-23(21)32)25-19(28(38)42)8-17(34)10-22(25)31(35,36)37/h2-11,13-14,44H,12H2,1H3,(H2,38,42). The molecule has 3 N–H and O–H groups in total. The molecule has 3 aromatic carbocycles. The topological polar surface area (TPSA) is 110 Å². The second kappa shape index (κ2) is 10.6. The summed E-state index contributed by atoms with van der Waals surface area (Å²) in [6.07, 6.45) is -1.71. The predicted molar refractivity (Wildman–Crippen MR) is 151 cm³/mol. The van der Waals surface area contributed by atoms with Gasteiger partial charge in [0.2, 0.25) is 5.91 Å². The zero-order valence-electron chi connectivity index (χ0n) is 23.0. The molecule has 5 aromatic rings. The van der Waals surface area contributed by atoms with Crippen LogP contribution in [0.1, 0.15) is 43.0 Å². The molecule has 2 aromatic heterocycles. The molecular formula is C31H20ClF5N4O4. The number of fused-ring (bicyclic) bond motifs is 3. The zero-order chi connectivity index (χ0) is 32.4. The van der Waals surface area contributed by atoms with E-state index in [-0.39, 0.29) is 34.3 Å². The van der Waals surface area contributed by atoms with Crippen molar-refractivity contribution in [2.45, 2.75) is 18.4 Å². The number of methoxy groups -OCH3 is 1. The van der Waals surface area contributed by atoms with Crippen LogP contribution in [0, 0.1) is 11.6 Å². The van der Waals surface area contributed by atoms with Gasteiger partial charge in [-0.25, -0.2) is 13.8 Å². The summed E-state index contributed by atoms with van der Waals surface area (Å²) in [5.41, 5.74) is -1.84. The van der Waals surface area contributed by atoms with Crippen LogP contribution in [0.15, 0.2) is 73.3 Å². The average molecular weight is 643 g/mol. The first-order valence-electron chi connectivity index (χ1n) is 13.1. The van der Waals surface area contributed by atoms with Crippen molar-refractivity contribution in [2.24, 2.45) is 5.73 Å². The van der Waals surface area contributed by atoms with Gasteiger partial charge in [-0.15, -0.1) is 0 Å². The van der Waals surface area contributed by atoms with Gasteiger partial charge in [0.05, 0.1) is 41.8 Å². The molecule has 3 heterocycles. The van der Waals surface area contributed by atoms with E-state index in [9.17, 15) is 36.6 Å². The second-order valence-corrected chi connectivity index (χ2v) is 10.7. The molecular weight excluding hydrogens is 623 g/mol. The molecule has 1 aliphatic heterocycles. The Morgan fingerprint density at radius 1 is 1.07 bits per heavy atom. The normalized spacial score (nSPS) is 16.4. The molecule has 0 fully saturated rings. The fourth-order valence-corrected chi connectivity index (χ4v) is 5.96. The van der Waals surface area contributed by atoms with E-state index in [0.29, 0.717) is 17.4 Å². The van der Waals surface area contributed by atoms with E-state index in [1.807, 2.05) is 0 Å². The molecule has 0 saturated carbocycles. The van der Waals surface area contributed by atoms with E-state index < -0.39 is 63.2 Å². The number of rotatable bonds is 6. The minimum absolute atomic E-state index is 0.0678. The van der Waals surface area contributed by atoms with Gasteiger partial charge < -0.3 is 20.0 Å². The highest BCUT2D eigenvalue weighted by molar-refractivity contribution is 6.31.